The molecule has 2 aliphatic rings. The molecular weight excluding hydrogens is 296 g/mol. The Labute approximate surface area is 128 Å². The van der Waals surface area contributed by atoms with Crippen LogP contribution in [0.15, 0.2) is 4.52 Å². The lowest BCUT2D eigenvalue weighted by Gasteiger charge is -2.19. The Hall–Kier alpha value is -1.34. The van der Waals surface area contributed by atoms with Gasteiger partial charge in [-0.25, -0.2) is 0 Å². The molecule has 1 aromatic rings. The van der Waals surface area contributed by atoms with E-state index < -0.39 is 0 Å². The standard InChI is InChI=1S/C13H19ClN4O3/c14-11-13(15-12(19)10-4-2-1-3-5-10)21-16-18(11)17-6-8-20-9-7-17/h10H,1-9H2/p+1. The Balaban J connectivity index is 1.65. The summed E-state index contributed by atoms with van der Waals surface area (Å²) in [7, 11) is 0. The first-order chi connectivity index (χ1) is 10.3. The number of nitrogens with one attached hydrogen (secondary N) is 1. The summed E-state index contributed by atoms with van der Waals surface area (Å²) in [5, 5.41) is 8.88. The first-order valence-electron chi connectivity index (χ1n) is 7.47. The van der Waals surface area contributed by atoms with Crippen molar-refractivity contribution in [3.63, 3.8) is 0 Å². The molecule has 21 heavy (non-hydrogen) atoms. The van der Waals surface area contributed by atoms with Gasteiger partial charge in [0.25, 0.3) is 0 Å². The van der Waals surface area contributed by atoms with Gasteiger partial charge in [-0.3, -0.25) is 14.6 Å². The second-order valence-electron chi connectivity index (χ2n) is 5.47. The number of carbonyl (C=O) groups excluding carboxylic acids is 1. The van der Waals surface area contributed by atoms with Gasteiger partial charge < -0.3 is 4.74 Å². The Morgan fingerprint density at radius 3 is 2.71 bits per heavy atom. The maximum absolute atomic E-state index is 12.2. The average molecular weight is 316 g/mol. The van der Waals surface area contributed by atoms with Crippen molar-refractivity contribution in [1.82, 2.24) is 5.27 Å². The summed E-state index contributed by atoms with van der Waals surface area (Å²) in [6.45, 7) is 2.62. The van der Waals surface area contributed by atoms with E-state index in [0.717, 1.165) is 25.7 Å². The molecule has 0 bridgehead atoms. The zero-order chi connectivity index (χ0) is 14.7. The van der Waals surface area contributed by atoms with Gasteiger partial charge in [0.15, 0.2) is 0 Å². The molecule has 3 rings (SSSR count). The fourth-order valence-corrected chi connectivity index (χ4v) is 3.04. The molecule has 1 aromatic heterocycles. The Morgan fingerprint density at radius 1 is 1.29 bits per heavy atom. The molecule has 2 heterocycles. The zero-order valence-corrected chi connectivity index (χ0v) is 12.6. The zero-order valence-electron chi connectivity index (χ0n) is 11.9. The van der Waals surface area contributed by atoms with Crippen molar-refractivity contribution in [3.8, 4) is 0 Å². The van der Waals surface area contributed by atoms with E-state index in [1.165, 1.54) is 11.2 Å². The molecule has 0 aromatic carbocycles. The monoisotopic (exact) mass is 315 g/mol. The Morgan fingerprint density at radius 2 is 2.00 bits per heavy atom. The lowest BCUT2D eigenvalue weighted by molar-refractivity contribution is -0.757. The van der Waals surface area contributed by atoms with Gasteiger partial charge in [0.05, 0.1) is 31.1 Å². The number of carbonyl (C=O) groups is 1. The number of rotatable bonds is 3. The van der Waals surface area contributed by atoms with Gasteiger partial charge in [0.1, 0.15) is 0 Å². The lowest BCUT2D eigenvalue weighted by atomic mass is 9.89. The average Bonchev–Trinajstić information content (AvgIpc) is 2.90. The number of nitrogens with zero attached hydrogens (tertiary/aromatic N) is 3. The van der Waals surface area contributed by atoms with E-state index in [1.54, 1.807) is 0 Å². The first-order valence-corrected chi connectivity index (χ1v) is 7.85. The van der Waals surface area contributed by atoms with Crippen LogP contribution < -0.4 is 15.1 Å². The SMILES string of the molecule is O=C(Nc1on[n+](N2CCOCC2)c1Cl)C1CCCCC1. The number of anilines is 1. The van der Waals surface area contributed by atoms with Gasteiger partial charge in [-0.2, -0.15) is 0 Å². The van der Waals surface area contributed by atoms with E-state index in [9.17, 15) is 4.79 Å². The van der Waals surface area contributed by atoms with Gasteiger partial charge >= 0.3 is 11.0 Å². The molecule has 1 saturated heterocycles. The summed E-state index contributed by atoms with van der Waals surface area (Å²) in [6.07, 6.45) is 5.29. The maximum atomic E-state index is 12.2. The lowest BCUT2D eigenvalue weighted by Crippen LogP contribution is -2.63. The van der Waals surface area contributed by atoms with Crippen LogP contribution in [0.25, 0.3) is 0 Å². The highest BCUT2D eigenvalue weighted by molar-refractivity contribution is 6.31. The number of aromatic nitrogens is 2. The number of morpholine rings is 1. The highest BCUT2D eigenvalue weighted by Crippen LogP contribution is 2.26. The molecule has 1 amide bonds. The molecule has 0 radical (unpaired) electrons. The van der Waals surface area contributed by atoms with Gasteiger partial charge in [0, 0.05) is 17.5 Å². The quantitative estimate of drug-likeness (QED) is 0.846. The summed E-state index contributed by atoms with van der Waals surface area (Å²) < 4.78 is 10.5. The van der Waals surface area contributed by atoms with Crippen molar-refractivity contribution in [2.75, 3.05) is 36.6 Å². The van der Waals surface area contributed by atoms with Gasteiger partial charge in [-0.05, 0) is 12.8 Å². The molecule has 0 unspecified atom stereocenters. The number of halogens is 1. The summed E-state index contributed by atoms with van der Waals surface area (Å²) in [6, 6.07) is 0. The number of hydrogen-bond donors (Lipinski definition) is 1. The van der Waals surface area contributed by atoms with E-state index in [2.05, 4.69) is 10.6 Å². The first kappa shape index (κ1) is 14.6. The van der Waals surface area contributed by atoms with E-state index in [-0.39, 0.29) is 17.7 Å². The summed E-state index contributed by atoms with van der Waals surface area (Å²) in [4.78, 5) is 13.7. The summed E-state index contributed by atoms with van der Waals surface area (Å²) in [5.41, 5.74) is 0. The third-order valence-electron chi connectivity index (χ3n) is 4.04. The second kappa shape index (κ2) is 6.62. The number of hydrogen-bond acceptors (Lipinski definition) is 5. The van der Waals surface area contributed by atoms with Crippen molar-refractivity contribution in [2.24, 2.45) is 5.92 Å². The van der Waals surface area contributed by atoms with Crippen molar-refractivity contribution in [2.45, 2.75) is 32.1 Å². The van der Waals surface area contributed by atoms with Gasteiger partial charge in [-0.1, -0.05) is 19.3 Å². The van der Waals surface area contributed by atoms with Crippen molar-refractivity contribution in [1.29, 1.82) is 0 Å². The van der Waals surface area contributed by atoms with E-state index in [0.29, 0.717) is 31.5 Å². The molecule has 0 spiro atoms. The fraction of sp³-hybridized carbons (Fsp3) is 0.769. The van der Waals surface area contributed by atoms with Crippen molar-refractivity contribution in [3.05, 3.63) is 5.15 Å². The predicted octanol–water partition coefficient (Wildman–Crippen LogP) is 1.10. The van der Waals surface area contributed by atoms with Crippen LogP contribution >= 0.6 is 11.6 Å². The largest absolute Gasteiger partial charge is 0.400 e. The Kier molecular flexibility index (Phi) is 4.60. The van der Waals surface area contributed by atoms with Crippen LogP contribution in [-0.2, 0) is 9.53 Å². The minimum absolute atomic E-state index is 0.0260. The number of amides is 1. The molecule has 8 heteroatoms. The second-order valence-corrected chi connectivity index (χ2v) is 5.83. The molecular formula is C13H20ClN4O3+. The van der Waals surface area contributed by atoms with Crippen molar-refractivity contribution < 1.29 is 18.8 Å². The fourth-order valence-electron chi connectivity index (χ4n) is 2.82. The molecule has 0 atom stereocenters. The van der Waals surface area contributed by atoms with Crippen LogP contribution in [0.1, 0.15) is 32.1 Å². The van der Waals surface area contributed by atoms with Crippen LogP contribution in [-0.4, -0.2) is 37.5 Å². The van der Waals surface area contributed by atoms with E-state index in [4.69, 9.17) is 20.9 Å². The summed E-state index contributed by atoms with van der Waals surface area (Å²) >= 11 is 6.25. The molecule has 1 N–H and O–H groups in total. The van der Waals surface area contributed by atoms with Crippen LogP contribution in [0.4, 0.5) is 5.88 Å². The normalized spacial score (nSPS) is 20.5. The van der Waals surface area contributed by atoms with Crippen LogP contribution in [0.5, 0.6) is 0 Å². The minimum Gasteiger partial charge on any atom is -0.377 e. The van der Waals surface area contributed by atoms with E-state index in [1.807, 2.05) is 5.01 Å². The molecule has 2 fully saturated rings. The van der Waals surface area contributed by atoms with E-state index >= 15 is 0 Å². The smallest absolute Gasteiger partial charge is 0.377 e. The highest BCUT2D eigenvalue weighted by atomic mass is 35.5. The number of ether oxygens (including phenoxy) is 1. The molecule has 1 aliphatic carbocycles. The highest BCUT2D eigenvalue weighted by Gasteiger charge is 2.32. The predicted molar refractivity (Wildman–Crippen MR) is 75.7 cm³/mol. The van der Waals surface area contributed by atoms with Gasteiger partial charge in [-0.15, -0.1) is 5.01 Å². The Bertz CT molecular complexity index is 496. The topological polar surface area (TPSA) is 71.5 Å². The third kappa shape index (κ3) is 3.29. The summed E-state index contributed by atoms with van der Waals surface area (Å²) in [5.74, 6) is 0.248. The maximum Gasteiger partial charge on any atom is 0.400 e. The molecule has 1 aliphatic heterocycles. The molecule has 7 nitrogen and oxygen atoms in total. The van der Waals surface area contributed by atoms with Crippen LogP contribution in [0.2, 0.25) is 5.15 Å². The van der Waals surface area contributed by atoms with Crippen molar-refractivity contribution >= 4 is 23.4 Å². The minimum atomic E-state index is -0.0260. The van der Waals surface area contributed by atoms with Crippen LogP contribution in [0, 0.1) is 5.92 Å². The molecule has 116 valence electrons. The third-order valence-corrected chi connectivity index (χ3v) is 4.36. The molecule has 1 saturated carbocycles. The van der Waals surface area contributed by atoms with Crippen LogP contribution in [0.3, 0.4) is 0 Å². The van der Waals surface area contributed by atoms with Gasteiger partial charge in [0.2, 0.25) is 11.2 Å².